The first-order valence-electron chi connectivity index (χ1n) is 13.1. The van der Waals surface area contributed by atoms with Gasteiger partial charge in [0.2, 0.25) is 0 Å². The summed E-state index contributed by atoms with van der Waals surface area (Å²) >= 11 is 0. The molecule has 0 nitrogen and oxygen atoms in total. The Labute approximate surface area is 180 Å². The number of allylic oxidation sites excluding steroid dienone is 2. The van der Waals surface area contributed by atoms with E-state index < -0.39 is 0 Å². The molecule has 0 amide bonds. The van der Waals surface area contributed by atoms with Crippen LogP contribution in [0.15, 0.2) is 12.2 Å². The summed E-state index contributed by atoms with van der Waals surface area (Å²) in [7, 11) is 0. The molecule has 28 heavy (non-hydrogen) atoms. The Morgan fingerprint density at radius 2 is 0.500 bits per heavy atom. The van der Waals surface area contributed by atoms with E-state index in [-0.39, 0.29) is 0 Å². The lowest BCUT2D eigenvalue weighted by Gasteiger charge is -2.02. The summed E-state index contributed by atoms with van der Waals surface area (Å²) < 4.78 is 0. The summed E-state index contributed by atoms with van der Waals surface area (Å²) in [6.07, 6.45) is 38.2. The van der Waals surface area contributed by atoms with Gasteiger partial charge in [-0.25, -0.2) is 0 Å². The van der Waals surface area contributed by atoms with Gasteiger partial charge in [0.15, 0.2) is 0 Å². The Morgan fingerprint density at radius 3 is 0.750 bits per heavy atom. The van der Waals surface area contributed by atoms with Gasteiger partial charge in [-0.15, -0.1) is 0 Å². The zero-order valence-corrected chi connectivity index (χ0v) is 19.5. The van der Waals surface area contributed by atoms with Crippen LogP contribution in [0.25, 0.3) is 0 Å². The largest absolute Gasteiger partial charge is 0.0885 e. The minimum absolute atomic E-state index is 1.12. The van der Waals surface area contributed by atoms with Gasteiger partial charge in [-0.3, -0.25) is 0 Å². The van der Waals surface area contributed by atoms with Gasteiger partial charge < -0.3 is 0 Å². The van der Waals surface area contributed by atoms with Crippen molar-refractivity contribution in [3.63, 3.8) is 0 Å². The molecule has 0 aliphatic rings. The van der Waals surface area contributed by atoms with Crippen molar-refractivity contribution in [3.05, 3.63) is 26.0 Å². The van der Waals surface area contributed by atoms with Crippen molar-refractivity contribution >= 4 is 0 Å². The highest BCUT2D eigenvalue weighted by Gasteiger charge is 1.94. The molecule has 2 radical (unpaired) electrons. The monoisotopic (exact) mass is 390 g/mol. The molecule has 0 saturated heterocycles. The first-order valence-corrected chi connectivity index (χ1v) is 13.1. The van der Waals surface area contributed by atoms with E-state index >= 15 is 0 Å². The molecule has 0 fully saturated rings. The van der Waals surface area contributed by atoms with Gasteiger partial charge in [0.25, 0.3) is 0 Å². The zero-order chi connectivity index (χ0) is 20.4. The van der Waals surface area contributed by atoms with Gasteiger partial charge in [0.1, 0.15) is 0 Å². The molecule has 0 aliphatic carbocycles. The van der Waals surface area contributed by atoms with E-state index in [1.165, 1.54) is 141 Å². The highest BCUT2D eigenvalue weighted by atomic mass is 14.0. The van der Waals surface area contributed by atoms with Crippen LogP contribution in [0.1, 0.15) is 154 Å². The van der Waals surface area contributed by atoms with E-state index in [1.54, 1.807) is 0 Å². The lowest BCUT2D eigenvalue weighted by molar-refractivity contribution is 0.552. The Hall–Kier alpha value is -0.260. The average Bonchev–Trinajstić information content (AvgIpc) is 2.71. The van der Waals surface area contributed by atoms with Crippen LogP contribution in [0.3, 0.4) is 0 Å². The van der Waals surface area contributed by atoms with E-state index in [4.69, 9.17) is 0 Å². The van der Waals surface area contributed by atoms with Crippen LogP contribution in [-0.2, 0) is 0 Å². The molecule has 0 saturated carbocycles. The zero-order valence-electron chi connectivity index (χ0n) is 19.5. The molecule has 0 aromatic heterocycles. The number of rotatable bonds is 24. The normalized spacial score (nSPS) is 11.6. The minimum atomic E-state index is 1.12. The van der Waals surface area contributed by atoms with Crippen molar-refractivity contribution < 1.29 is 0 Å². The van der Waals surface area contributed by atoms with Crippen molar-refractivity contribution in [1.82, 2.24) is 0 Å². The van der Waals surface area contributed by atoms with Crippen LogP contribution in [0, 0.1) is 13.8 Å². The van der Waals surface area contributed by atoms with Crippen LogP contribution in [0.4, 0.5) is 0 Å². The van der Waals surface area contributed by atoms with E-state index in [0.29, 0.717) is 0 Å². The Kier molecular flexibility index (Phi) is 26.5. The molecule has 0 aromatic rings. The molecular weight excluding hydrogens is 336 g/mol. The third-order valence-electron chi connectivity index (χ3n) is 5.91. The molecule has 0 spiro atoms. The highest BCUT2D eigenvalue weighted by Crippen LogP contribution is 2.13. The van der Waals surface area contributed by atoms with E-state index in [9.17, 15) is 0 Å². The maximum atomic E-state index is 3.91. The molecule has 0 aromatic carbocycles. The second-order valence-electron chi connectivity index (χ2n) is 8.83. The standard InChI is InChI=1S/C28H54/c1-3-5-7-9-11-13-15-17-19-21-23-25-27-28-26-24-22-20-18-16-14-12-10-8-6-4-2/h27-28H,1-26H2. The van der Waals surface area contributed by atoms with Gasteiger partial charge in [-0.1, -0.05) is 154 Å². The fourth-order valence-electron chi connectivity index (χ4n) is 3.94. The molecule has 0 aliphatic heterocycles. The van der Waals surface area contributed by atoms with Crippen LogP contribution in [-0.4, -0.2) is 0 Å². The lowest BCUT2D eigenvalue weighted by Crippen LogP contribution is -1.82. The predicted octanol–water partition coefficient (Wildman–Crippen LogP) is 10.6. The molecule has 0 heteroatoms. The highest BCUT2D eigenvalue weighted by molar-refractivity contribution is 4.81. The smallest absolute Gasteiger partial charge is 0.0351 e. The van der Waals surface area contributed by atoms with Gasteiger partial charge in [0, 0.05) is 0 Å². The Balaban J connectivity index is 3.05. The van der Waals surface area contributed by atoms with Crippen molar-refractivity contribution in [3.8, 4) is 0 Å². The van der Waals surface area contributed by atoms with E-state index in [1.807, 2.05) is 0 Å². The summed E-state index contributed by atoms with van der Waals surface area (Å²) in [5.41, 5.74) is 0. The lowest BCUT2D eigenvalue weighted by atomic mass is 10.0. The van der Waals surface area contributed by atoms with Crippen LogP contribution < -0.4 is 0 Å². The molecule has 0 atom stereocenters. The molecule has 0 unspecified atom stereocenters. The molecule has 166 valence electrons. The van der Waals surface area contributed by atoms with E-state index in [2.05, 4.69) is 26.0 Å². The SMILES string of the molecule is [CH2]CCCCCCCCCCCCC=CCCCCCCCCCCCC[CH2]. The minimum Gasteiger partial charge on any atom is -0.0885 e. The molecule has 0 rings (SSSR count). The maximum Gasteiger partial charge on any atom is -0.0351 e. The summed E-state index contributed by atoms with van der Waals surface area (Å²) in [5.74, 6) is 0. The second kappa shape index (κ2) is 26.7. The predicted molar refractivity (Wildman–Crippen MR) is 131 cm³/mol. The fourth-order valence-corrected chi connectivity index (χ4v) is 3.94. The van der Waals surface area contributed by atoms with E-state index in [0.717, 1.165) is 12.8 Å². The van der Waals surface area contributed by atoms with Gasteiger partial charge in [0.05, 0.1) is 0 Å². The molecular formula is C28H54. The van der Waals surface area contributed by atoms with Gasteiger partial charge in [-0.2, -0.15) is 0 Å². The van der Waals surface area contributed by atoms with Crippen molar-refractivity contribution in [1.29, 1.82) is 0 Å². The van der Waals surface area contributed by atoms with Crippen LogP contribution >= 0.6 is 0 Å². The maximum absolute atomic E-state index is 3.91. The van der Waals surface area contributed by atoms with Crippen molar-refractivity contribution in [2.24, 2.45) is 0 Å². The quantitative estimate of drug-likeness (QED) is 0.113. The fraction of sp³-hybridized carbons (Fsp3) is 0.857. The summed E-state index contributed by atoms with van der Waals surface area (Å²) in [5, 5.41) is 0. The molecule has 0 heterocycles. The van der Waals surface area contributed by atoms with Crippen LogP contribution in [0.2, 0.25) is 0 Å². The summed E-state index contributed by atoms with van der Waals surface area (Å²) in [4.78, 5) is 0. The van der Waals surface area contributed by atoms with Gasteiger partial charge >= 0.3 is 0 Å². The molecule has 0 N–H and O–H groups in total. The number of hydrogen-bond donors (Lipinski definition) is 0. The Bertz CT molecular complexity index is 250. The third-order valence-corrected chi connectivity index (χ3v) is 5.91. The first kappa shape index (κ1) is 27.7. The number of hydrogen-bond acceptors (Lipinski definition) is 0. The Morgan fingerprint density at radius 1 is 0.286 bits per heavy atom. The number of unbranched alkanes of at least 4 members (excludes halogenated alkanes) is 22. The average molecular weight is 391 g/mol. The first-order chi connectivity index (χ1) is 13.9. The summed E-state index contributed by atoms with van der Waals surface area (Å²) in [6.45, 7) is 7.82. The topological polar surface area (TPSA) is 0 Å². The van der Waals surface area contributed by atoms with Crippen molar-refractivity contribution in [2.45, 2.75) is 154 Å². The molecule has 0 bridgehead atoms. The summed E-state index contributed by atoms with van der Waals surface area (Å²) in [6, 6.07) is 0. The second-order valence-corrected chi connectivity index (χ2v) is 8.83. The third kappa shape index (κ3) is 25.7. The van der Waals surface area contributed by atoms with Crippen LogP contribution in [0.5, 0.6) is 0 Å². The van der Waals surface area contributed by atoms with Crippen molar-refractivity contribution in [2.75, 3.05) is 0 Å². The van der Waals surface area contributed by atoms with Gasteiger partial charge in [-0.05, 0) is 25.7 Å².